The minimum atomic E-state index is 0.487. The Labute approximate surface area is 145 Å². The smallest absolute Gasteiger partial charge is 0.0462 e. The third-order valence-corrected chi connectivity index (χ3v) is 11.6. The molecule has 0 spiro atoms. The number of fused-ring (bicyclic) bond motifs is 23. The number of hydrogen-bond donors (Lipinski definition) is 1. The van der Waals surface area contributed by atoms with Crippen LogP contribution in [0.25, 0.3) is 0 Å². The van der Waals surface area contributed by atoms with Crippen molar-refractivity contribution in [2.45, 2.75) is 32.1 Å². The molecule has 0 radical (unpaired) electrons. The number of allylic oxidation sites excluding steroid dienone is 2. The van der Waals surface area contributed by atoms with Crippen LogP contribution >= 0.6 is 0 Å². The van der Waals surface area contributed by atoms with Gasteiger partial charge in [-0.1, -0.05) is 12.2 Å². The van der Waals surface area contributed by atoms with Crippen molar-refractivity contribution in [2.75, 3.05) is 6.61 Å². The van der Waals surface area contributed by atoms with Crippen LogP contribution in [0.1, 0.15) is 32.1 Å². The second-order valence-electron chi connectivity index (χ2n) is 11.4. The molecule has 8 aliphatic rings. The van der Waals surface area contributed by atoms with E-state index >= 15 is 0 Å². The molecule has 0 aromatic rings. The molecule has 1 heteroatoms. The predicted molar refractivity (Wildman–Crippen MR) is 91.7 cm³/mol. The standard InChI is InChI=1S/C23H30O/c24-8-12-4-11-5-13(12)21-17-7-16(20(11)21)22-14-6-15(23(17)22)19-10-2-1-9(3-10)18(14)19/h1-2,9-24H,3-8H2. The first kappa shape index (κ1) is 13.0. The molecule has 0 heterocycles. The molecule has 7 saturated carbocycles. The van der Waals surface area contributed by atoms with E-state index in [1.54, 1.807) is 12.8 Å². The normalized spacial score (nSPS) is 74.5. The van der Waals surface area contributed by atoms with Crippen molar-refractivity contribution in [3.8, 4) is 0 Å². The van der Waals surface area contributed by atoms with Gasteiger partial charge in [0.05, 0.1) is 0 Å². The monoisotopic (exact) mass is 322 g/mol. The average Bonchev–Trinajstić information content (AvgIpc) is 3.44. The lowest BCUT2D eigenvalue weighted by Gasteiger charge is -2.50. The Balaban J connectivity index is 1.21. The van der Waals surface area contributed by atoms with Crippen LogP contribution in [0.15, 0.2) is 12.2 Å². The van der Waals surface area contributed by atoms with Crippen LogP contribution in [-0.4, -0.2) is 11.7 Å². The molecule has 0 saturated heterocycles. The first-order chi connectivity index (χ1) is 11.8. The van der Waals surface area contributed by atoms with Crippen LogP contribution in [0, 0.1) is 88.8 Å². The molecule has 7 fully saturated rings. The van der Waals surface area contributed by atoms with Crippen LogP contribution in [-0.2, 0) is 0 Å². The summed E-state index contributed by atoms with van der Waals surface area (Å²) in [5.41, 5.74) is 0. The Morgan fingerprint density at radius 2 is 1.17 bits per heavy atom. The van der Waals surface area contributed by atoms with Crippen molar-refractivity contribution in [1.82, 2.24) is 0 Å². The van der Waals surface area contributed by atoms with E-state index in [4.69, 9.17) is 0 Å². The van der Waals surface area contributed by atoms with Crippen LogP contribution in [0.3, 0.4) is 0 Å². The lowest BCUT2D eigenvalue weighted by Crippen LogP contribution is -2.47. The van der Waals surface area contributed by atoms with Gasteiger partial charge in [-0.3, -0.25) is 0 Å². The molecule has 8 rings (SSSR count). The molecule has 8 bridgehead atoms. The minimum Gasteiger partial charge on any atom is -0.396 e. The van der Waals surface area contributed by atoms with Crippen LogP contribution in [0.5, 0.6) is 0 Å². The van der Waals surface area contributed by atoms with Gasteiger partial charge in [0, 0.05) is 6.61 Å². The first-order valence-electron chi connectivity index (χ1n) is 11.1. The van der Waals surface area contributed by atoms with E-state index in [1.165, 1.54) is 19.3 Å². The molecule has 0 amide bonds. The molecular formula is C23H30O. The molecule has 15 unspecified atom stereocenters. The van der Waals surface area contributed by atoms with Crippen molar-refractivity contribution in [2.24, 2.45) is 88.8 Å². The summed E-state index contributed by atoms with van der Waals surface area (Å²) in [7, 11) is 0. The first-order valence-corrected chi connectivity index (χ1v) is 11.1. The van der Waals surface area contributed by atoms with E-state index in [1.807, 2.05) is 0 Å². The third-order valence-electron chi connectivity index (χ3n) is 11.6. The fourth-order valence-corrected chi connectivity index (χ4v) is 11.8. The van der Waals surface area contributed by atoms with Crippen molar-refractivity contribution in [3.05, 3.63) is 12.2 Å². The van der Waals surface area contributed by atoms with Gasteiger partial charge >= 0.3 is 0 Å². The summed E-state index contributed by atoms with van der Waals surface area (Å²) in [6.07, 6.45) is 12.9. The lowest BCUT2D eigenvalue weighted by molar-refractivity contribution is -0.0328. The molecule has 1 N–H and O–H groups in total. The number of aliphatic hydroxyl groups is 1. The van der Waals surface area contributed by atoms with Gasteiger partial charge in [-0.15, -0.1) is 0 Å². The van der Waals surface area contributed by atoms with Crippen molar-refractivity contribution >= 4 is 0 Å². The third kappa shape index (κ3) is 1.13. The van der Waals surface area contributed by atoms with Gasteiger partial charge in [0.2, 0.25) is 0 Å². The topological polar surface area (TPSA) is 20.2 Å². The van der Waals surface area contributed by atoms with E-state index < -0.39 is 0 Å². The minimum absolute atomic E-state index is 0.487. The largest absolute Gasteiger partial charge is 0.396 e. The summed E-state index contributed by atoms with van der Waals surface area (Å²) in [5, 5.41) is 9.86. The van der Waals surface area contributed by atoms with E-state index in [0.717, 1.165) is 82.9 Å². The highest BCUT2D eigenvalue weighted by atomic mass is 16.3. The van der Waals surface area contributed by atoms with Gasteiger partial charge < -0.3 is 5.11 Å². The second kappa shape index (κ2) is 3.85. The Hall–Kier alpha value is -0.300. The highest BCUT2D eigenvalue weighted by Gasteiger charge is 2.75. The summed E-state index contributed by atoms with van der Waals surface area (Å²) in [6.45, 7) is 0.487. The molecule has 15 atom stereocenters. The molecule has 8 aliphatic carbocycles. The summed E-state index contributed by atoms with van der Waals surface area (Å²) in [5.74, 6) is 15.7. The van der Waals surface area contributed by atoms with Crippen molar-refractivity contribution in [1.29, 1.82) is 0 Å². The quantitative estimate of drug-likeness (QED) is 0.574. The Bertz CT molecular complexity index is 652. The number of aliphatic hydroxyl groups excluding tert-OH is 1. The second-order valence-corrected chi connectivity index (χ2v) is 11.4. The van der Waals surface area contributed by atoms with Gasteiger partial charge in [0.15, 0.2) is 0 Å². The number of rotatable bonds is 1. The highest BCUT2D eigenvalue weighted by Crippen LogP contribution is 2.81. The molecule has 128 valence electrons. The van der Waals surface area contributed by atoms with Gasteiger partial charge in [-0.25, -0.2) is 0 Å². The summed E-state index contributed by atoms with van der Waals surface area (Å²) in [6, 6.07) is 0. The van der Waals surface area contributed by atoms with Crippen LogP contribution < -0.4 is 0 Å². The maximum absolute atomic E-state index is 9.86. The Morgan fingerprint density at radius 3 is 1.83 bits per heavy atom. The SMILES string of the molecule is OCC1CC2CC1C1C3CC(C21)C1C2CC(C4C5C=CC(C5)C24)C31. The van der Waals surface area contributed by atoms with Gasteiger partial charge in [0.25, 0.3) is 0 Å². The number of hydrogen-bond acceptors (Lipinski definition) is 1. The predicted octanol–water partition coefficient (Wildman–Crippen LogP) is 3.84. The Kier molecular flexibility index (Phi) is 2.08. The fraction of sp³-hybridized carbons (Fsp3) is 0.913. The summed E-state index contributed by atoms with van der Waals surface area (Å²) in [4.78, 5) is 0. The van der Waals surface area contributed by atoms with E-state index in [0.29, 0.717) is 12.5 Å². The van der Waals surface area contributed by atoms with Gasteiger partial charge in [0.1, 0.15) is 0 Å². The van der Waals surface area contributed by atoms with E-state index in [9.17, 15) is 5.11 Å². The zero-order valence-electron chi connectivity index (χ0n) is 14.5. The zero-order chi connectivity index (χ0) is 15.3. The van der Waals surface area contributed by atoms with Crippen molar-refractivity contribution in [3.63, 3.8) is 0 Å². The molecule has 1 nitrogen and oxygen atoms in total. The Morgan fingerprint density at radius 1 is 0.583 bits per heavy atom. The summed E-state index contributed by atoms with van der Waals surface area (Å²) < 4.78 is 0. The fourth-order valence-electron chi connectivity index (χ4n) is 11.8. The zero-order valence-corrected chi connectivity index (χ0v) is 14.5. The molecule has 0 aromatic heterocycles. The summed E-state index contributed by atoms with van der Waals surface area (Å²) >= 11 is 0. The lowest BCUT2D eigenvalue weighted by atomic mass is 9.54. The van der Waals surface area contributed by atoms with Crippen LogP contribution in [0.4, 0.5) is 0 Å². The molecular weight excluding hydrogens is 292 g/mol. The van der Waals surface area contributed by atoms with E-state index in [2.05, 4.69) is 12.2 Å². The average molecular weight is 322 g/mol. The molecule has 0 aliphatic heterocycles. The van der Waals surface area contributed by atoms with Crippen LogP contribution in [0.2, 0.25) is 0 Å². The van der Waals surface area contributed by atoms with Crippen molar-refractivity contribution < 1.29 is 5.11 Å². The maximum Gasteiger partial charge on any atom is 0.0462 e. The molecule has 24 heavy (non-hydrogen) atoms. The van der Waals surface area contributed by atoms with Gasteiger partial charge in [-0.05, 0) is 121 Å². The van der Waals surface area contributed by atoms with Gasteiger partial charge in [-0.2, -0.15) is 0 Å². The van der Waals surface area contributed by atoms with E-state index in [-0.39, 0.29) is 0 Å². The highest BCUT2D eigenvalue weighted by molar-refractivity contribution is 5.27. The molecule has 0 aromatic carbocycles. The maximum atomic E-state index is 9.86.